The van der Waals surface area contributed by atoms with Crippen molar-refractivity contribution in [3.63, 3.8) is 0 Å². The van der Waals surface area contributed by atoms with E-state index < -0.39 is 5.60 Å². The van der Waals surface area contributed by atoms with Crippen LogP contribution in [0, 0.1) is 5.92 Å². The monoisotopic (exact) mass is 387 g/mol. The van der Waals surface area contributed by atoms with Crippen LogP contribution < -0.4 is 10.6 Å². The van der Waals surface area contributed by atoms with Gasteiger partial charge < -0.3 is 20.3 Å². The number of likely N-dealkylation sites (tertiary alicyclic amines) is 1. The molecule has 1 heterocycles. The Balaban J connectivity index is 1.37. The molecule has 154 valence electrons. The smallest absolute Gasteiger partial charge is 0.410 e. The van der Waals surface area contributed by atoms with Gasteiger partial charge in [-0.2, -0.15) is 0 Å². The Morgan fingerprint density at radius 2 is 1.79 bits per heavy atom. The first-order chi connectivity index (χ1) is 13.2. The number of nitrogens with zero attached hydrogens (tertiary/aromatic N) is 1. The van der Waals surface area contributed by atoms with E-state index in [2.05, 4.69) is 22.8 Å². The number of amides is 2. The van der Waals surface area contributed by atoms with Crippen LogP contribution in [0.25, 0.3) is 0 Å². The maximum absolute atomic E-state index is 12.1. The van der Waals surface area contributed by atoms with Crippen LogP contribution in [0.15, 0.2) is 24.3 Å². The van der Waals surface area contributed by atoms with Gasteiger partial charge in [-0.3, -0.25) is 4.79 Å². The van der Waals surface area contributed by atoms with Gasteiger partial charge in [-0.1, -0.05) is 12.1 Å². The van der Waals surface area contributed by atoms with E-state index in [1.807, 2.05) is 37.8 Å². The topological polar surface area (TPSA) is 70.7 Å². The van der Waals surface area contributed by atoms with Crippen molar-refractivity contribution < 1.29 is 14.3 Å². The van der Waals surface area contributed by atoms with Crippen LogP contribution in [-0.2, 0) is 9.53 Å². The third kappa shape index (κ3) is 5.96. The highest BCUT2D eigenvalue weighted by Gasteiger charge is 2.38. The molecule has 6 nitrogen and oxygen atoms in total. The SMILES string of the molecule is CC(=O)Nc1ccc(C2CC2NCC2CCN(C(=O)OC(C)(C)C)CC2)cc1. The predicted octanol–water partition coefficient (Wildman–Crippen LogP) is 3.74. The summed E-state index contributed by atoms with van der Waals surface area (Å²) in [5.41, 5.74) is 1.74. The highest BCUT2D eigenvalue weighted by molar-refractivity contribution is 5.88. The zero-order chi connectivity index (χ0) is 20.3. The lowest BCUT2D eigenvalue weighted by Crippen LogP contribution is -2.43. The van der Waals surface area contributed by atoms with E-state index in [-0.39, 0.29) is 12.0 Å². The number of anilines is 1. The molecule has 1 saturated carbocycles. The summed E-state index contributed by atoms with van der Waals surface area (Å²) in [4.78, 5) is 25.1. The Morgan fingerprint density at radius 1 is 1.14 bits per heavy atom. The predicted molar refractivity (Wildman–Crippen MR) is 110 cm³/mol. The van der Waals surface area contributed by atoms with Crippen LogP contribution in [0.1, 0.15) is 58.4 Å². The molecule has 1 aromatic rings. The second-order valence-corrected chi connectivity index (χ2v) is 9.07. The molecule has 0 spiro atoms. The molecule has 2 amide bonds. The van der Waals surface area contributed by atoms with Gasteiger partial charge in [0.25, 0.3) is 0 Å². The molecule has 0 radical (unpaired) electrons. The van der Waals surface area contributed by atoms with E-state index in [1.54, 1.807) is 0 Å². The zero-order valence-electron chi connectivity index (χ0n) is 17.5. The van der Waals surface area contributed by atoms with Gasteiger partial charge in [-0.05, 0) is 70.2 Å². The summed E-state index contributed by atoms with van der Waals surface area (Å²) in [5.74, 6) is 1.13. The fraction of sp³-hybridized carbons (Fsp3) is 0.636. The van der Waals surface area contributed by atoms with Crippen LogP contribution in [-0.4, -0.2) is 48.2 Å². The highest BCUT2D eigenvalue weighted by atomic mass is 16.6. The summed E-state index contributed by atoms with van der Waals surface area (Å²) >= 11 is 0. The summed E-state index contributed by atoms with van der Waals surface area (Å²) in [5, 5.41) is 6.50. The van der Waals surface area contributed by atoms with Crippen molar-refractivity contribution >= 4 is 17.7 Å². The standard InChI is InChI=1S/C22H33N3O3/c1-15(26)24-18-7-5-17(6-8-18)19-13-20(19)23-14-16-9-11-25(12-10-16)21(27)28-22(2,3)4/h5-8,16,19-20,23H,9-14H2,1-4H3,(H,24,26). The normalized spacial score (nSPS) is 22.6. The Morgan fingerprint density at radius 3 is 2.36 bits per heavy atom. The van der Waals surface area contributed by atoms with Gasteiger partial charge in [-0.25, -0.2) is 4.79 Å². The van der Waals surface area contributed by atoms with Crippen molar-refractivity contribution in [1.29, 1.82) is 0 Å². The molecule has 1 aliphatic heterocycles. The van der Waals surface area contributed by atoms with Crippen molar-refractivity contribution in [1.82, 2.24) is 10.2 Å². The van der Waals surface area contributed by atoms with Crippen LogP contribution in [0.3, 0.4) is 0 Å². The maximum Gasteiger partial charge on any atom is 0.410 e. The Bertz CT molecular complexity index is 688. The lowest BCUT2D eigenvalue weighted by Gasteiger charge is -2.33. The number of hydrogen-bond acceptors (Lipinski definition) is 4. The van der Waals surface area contributed by atoms with Crippen molar-refractivity contribution in [3.8, 4) is 0 Å². The van der Waals surface area contributed by atoms with Crippen LogP contribution >= 0.6 is 0 Å². The molecule has 0 aromatic heterocycles. The van der Waals surface area contributed by atoms with Gasteiger partial charge in [0, 0.05) is 37.7 Å². The van der Waals surface area contributed by atoms with Gasteiger partial charge in [0.2, 0.25) is 5.91 Å². The molecule has 6 heteroatoms. The summed E-state index contributed by atoms with van der Waals surface area (Å²) in [6.45, 7) is 9.79. The molecule has 2 unspecified atom stereocenters. The zero-order valence-corrected chi connectivity index (χ0v) is 17.5. The minimum absolute atomic E-state index is 0.0450. The van der Waals surface area contributed by atoms with Crippen molar-refractivity contribution in [2.75, 3.05) is 25.0 Å². The minimum Gasteiger partial charge on any atom is -0.444 e. The molecule has 1 aliphatic carbocycles. The number of carbonyl (C=O) groups excluding carboxylic acids is 2. The molecule has 2 fully saturated rings. The van der Waals surface area contributed by atoms with Crippen molar-refractivity contribution in [3.05, 3.63) is 29.8 Å². The minimum atomic E-state index is -0.434. The first-order valence-electron chi connectivity index (χ1n) is 10.3. The third-order valence-electron chi connectivity index (χ3n) is 5.38. The number of piperidine rings is 1. The summed E-state index contributed by atoms with van der Waals surface area (Å²) in [6.07, 6.45) is 3.02. The fourth-order valence-corrected chi connectivity index (χ4v) is 3.77. The van der Waals surface area contributed by atoms with Gasteiger partial charge in [0.1, 0.15) is 5.60 Å². The summed E-state index contributed by atoms with van der Waals surface area (Å²) < 4.78 is 5.46. The molecule has 2 aliphatic rings. The van der Waals surface area contributed by atoms with Gasteiger partial charge >= 0.3 is 6.09 Å². The highest BCUT2D eigenvalue weighted by Crippen LogP contribution is 2.41. The first kappa shape index (κ1) is 20.6. The molecule has 1 aromatic carbocycles. The lowest BCUT2D eigenvalue weighted by atomic mass is 9.97. The molecule has 2 N–H and O–H groups in total. The van der Waals surface area contributed by atoms with E-state index in [9.17, 15) is 9.59 Å². The van der Waals surface area contributed by atoms with Crippen LogP contribution in [0.4, 0.5) is 10.5 Å². The maximum atomic E-state index is 12.1. The van der Waals surface area contributed by atoms with Crippen LogP contribution in [0.5, 0.6) is 0 Å². The molecule has 2 atom stereocenters. The number of rotatable bonds is 5. The molecular formula is C22H33N3O3. The number of ether oxygens (including phenoxy) is 1. The van der Waals surface area contributed by atoms with Crippen molar-refractivity contribution in [2.45, 2.75) is 64.5 Å². The van der Waals surface area contributed by atoms with E-state index in [0.717, 1.165) is 44.6 Å². The van der Waals surface area contributed by atoms with E-state index in [1.165, 1.54) is 12.5 Å². The van der Waals surface area contributed by atoms with Gasteiger partial charge in [0.05, 0.1) is 0 Å². The summed E-state index contributed by atoms with van der Waals surface area (Å²) in [6, 6.07) is 8.70. The van der Waals surface area contributed by atoms with Crippen LogP contribution in [0.2, 0.25) is 0 Å². The average Bonchev–Trinajstić information content (AvgIpc) is 3.39. The summed E-state index contributed by atoms with van der Waals surface area (Å²) in [7, 11) is 0. The van der Waals surface area contributed by atoms with E-state index in [0.29, 0.717) is 17.9 Å². The number of nitrogens with one attached hydrogen (secondary N) is 2. The molecule has 1 saturated heterocycles. The number of carbonyl (C=O) groups is 2. The molecule has 0 bridgehead atoms. The molecular weight excluding hydrogens is 354 g/mol. The van der Waals surface area contributed by atoms with E-state index >= 15 is 0 Å². The lowest BCUT2D eigenvalue weighted by molar-refractivity contribution is -0.114. The van der Waals surface area contributed by atoms with E-state index in [4.69, 9.17) is 4.74 Å². The Labute approximate surface area is 168 Å². The molecule has 28 heavy (non-hydrogen) atoms. The fourth-order valence-electron chi connectivity index (χ4n) is 3.77. The number of hydrogen-bond donors (Lipinski definition) is 2. The van der Waals surface area contributed by atoms with Crippen molar-refractivity contribution in [2.24, 2.45) is 5.92 Å². The Kier molecular flexibility index (Phi) is 6.28. The second kappa shape index (κ2) is 8.52. The van der Waals surface area contributed by atoms with Gasteiger partial charge in [0.15, 0.2) is 0 Å². The second-order valence-electron chi connectivity index (χ2n) is 9.07. The third-order valence-corrected chi connectivity index (χ3v) is 5.38. The first-order valence-corrected chi connectivity index (χ1v) is 10.3. The quantitative estimate of drug-likeness (QED) is 0.807. The Hall–Kier alpha value is -2.08. The largest absolute Gasteiger partial charge is 0.444 e. The molecule has 3 rings (SSSR count). The number of benzene rings is 1. The average molecular weight is 388 g/mol. The van der Waals surface area contributed by atoms with Gasteiger partial charge in [-0.15, -0.1) is 0 Å².